The summed E-state index contributed by atoms with van der Waals surface area (Å²) in [6.45, 7) is -2.75. The number of carboxylic acids is 1. The van der Waals surface area contributed by atoms with Gasteiger partial charge in [0.25, 0.3) is 0 Å². The summed E-state index contributed by atoms with van der Waals surface area (Å²) in [4.78, 5) is 10.0. The lowest BCUT2D eigenvalue weighted by atomic mass is 10.3. The van der Waals surface area contributed by atoms with E-state index in [4.69, 9.17) is 12.0 Å². The molecule has 0 amide bonds. The first kappa shape index (κ1) is 1.77. The van der Waals surface area contributed by atoms with Crippen LogP contribution in [0.4, 0.5) is 0 Å². The van der Waals surface area contributed by atoms with E-state index in [-0.39, 0.29) is 0 Å². The van der Waals surface area contributed by atoms with Crippen LogP contribution in [0.2, 0.25) is 0 Å². The SMILES string of the molecule is [2H]C([2H])([2H])C([2H])([2H])CCC(=O)O. The van der Waals surface area contributed by atoms with Crippen LogP contribution in [0.1, 0.15) is 32.9 Å². The Morgan fingerprint density at radius 1 is 2.14 bits per heavy atom. The van der Waals surface area contributed by atoms with Crippen LogP contribution >= 0.6 is 0 Å². The molecular weight excluding hydrogens is 92.1 g/mol. The Morgan fingerprint density at radius 3 is 3.29 bits per heavy atom. The molecule has 0 aromatic carbocycles. The van der Waals surface area contributed by atoms with Gasteiger partial charge in [-0.3, -0.25) is 4.79 Å². The van der Waals surface area contributed by atoms with Crippen molar-refractivity contribution >= 4 is 5.97 Å². The topological polar surface area (TPSA) is 37.3 Å². The van der Waals surface area contributed by atoms with Crippen LogP contribution in [0, 0.1) is 0 Å². The van der Waals surface area contributed by atoms with Gasteiger partial charge in [0.05, 0.1) is 0 Å². The molecule has 0 saturated heterocycles. The number of hydrogen-bond acceptors (Lipinski definition) is 1. The van der Waals surface area contributed by atoms with Gasteiger partial charge in [-0.1, -0.05) is 13.2 Å². The maximum absolute atomic E-state index is 10.0. The monoisotopic (exact) mass is 107 g/mol. The third-order valence-corrected chi connectivity index (χ3v) is 0.464. The lowest BCUT2D eigenvalue weighted by molar-refractivity contribution is -0.137. The van der Waals surface area contributed by atoms with Gasteiger partial charge in [-0.15, -0.1) is 0 Å². The molecule has 0 spiro atoms. The van der Waals surface area contributed by atoms with Crippen molar-refractivity contribution in [3.05, 3.63) is 0 Å². The largest absolute Gasteiger partial charge is 0.481 e. The van der Waals surface area contributed by atoms with Crippen LogP contribution in [-0.2, 0) is 4.79 Å². The number of hydrogen-bond donors (Lipinski definition) is 1. The highest BCUT2D eigenvalue weighted by Crippen LogP contribution is 1.91. The van der Waals surface area contributed by atoms with E-state index in [2.05, 4.69) is 0 Å². The minimum absolute atomic E-state index is 0.467. The van der Waals surface area contributed by atoms with E-state index in [1.807, 2.05) is 0 Å². The molecule has 0 atom stereocenters. The first-order valence-electron chi connectivity index (χ1n) is 4.38. The van der Waals surface area contributed by atoms with Gasteiger partial charge in [-0.2, -0.15) is 0 Å². The molecule has 0 aliphatic heterocycles. The molecule has 1 N–H and O–H groups in total. The molecule has 0 aromatic heterocycles. The fraction of sp³-hybridized carbons (Fsp3) is 0.800. The van der Waals surface area contributed by atoms with Crippen molar-refractivity contribution in [3.63, 3.8) is 0 Å². The zero-order valence-corrected chi connectivity index (χ0v) is 3.77. The molecule has 42 valence electrons. The number of carboxylic acid groups (broad SMARTS) is 1. The quantitative estimate of drug-likeness (QED) is 0.589. The van der Waals surface area contributed by atoms with Gasteiger partial charge >= 0.3 is 5.97 Å². The smallest absolute Gasteiger partial charge is 0.303 e. The summed E-state index contributed by atoms with van der Waals surface area (Å²) in [5, 5.41) is 8.19. The Labute approximate surface area is 50.2 Å². The number of rotatable bonds is 3. The normalized spacial score (nSPS) is 23.1. The maximum Gasteiger partial charge on any atom is 0.303 e. The average Bonchev–Trinajstić information content (AvgIpc) is 1.81. The van der Waals surface area contributed by atoms with Crippen LogP contribution < -0.4 is 0 Å². The first-order chi connectivity index (χ1) is 5.17. The molecule has 2 heteroatoms. The van der Waals surface area contributed by atoms with Crippen LogP contribution in [0.15, 0.2) is 0 Å². The Bertz CT molecular complexity index is 173. The van der Waals surface area contributed by atoms with Gasteiger partial charge in [0.1, 0.15) is 0 Å². The zero-order valence-electron chi connectivity index (χ0n) is 8.77. The summed E-state index contributed by atoms with van der Waals surface area (Å²) in [5.74, 6) is -1.19. The molecular formula is C5H10O2. The van der Waals surface area contributed by atoms with E-state index in [0.717, 1.165) is 0 Å². The molecule has 0 bridgehead atoms. The van der Waals surface area contributed by atoms with E-state index in [1.54, 1.807) is 0 Å². The van der Waals surface area contributed by atoms with Crippen molar-refractivity contribution in [2.45, 2.75) is 26.1 Å². The third-order valence-electron chi connectivity index (χ3n) is 0.464. The number of aliphatic carboxylic acids is 1. The molecule has 0 saturated carbocycles. The van der Waals surface area contributed by atoms with E-state index in [9.17, 15) is 4.79 Å². The van der Waals surface area contributed by atoms with Gasteiger partial charge in [-0.25, -0.2) is 0 Å². The van der Waals surface area contributed by atoms with E-state index in [0.29, 0.717) is 0 Å². The first-order valence-corrected chi connectivity index (χ1v) is 1.88. The fourth-order valence-electron chi connectivity index (χ4n) is 0.169. The second-order valence-electron chi connectivity index (χ2n) is 1.07. The highest BCUT2D eigenvalue weighted by atomic mass is 16.4. The van der Waals surface area contributed by atoms with Crippen LogP contribution in [0.25, 0.3) is 0 Å². The molecule has 0 fully saturated rings. The van der Waals surface area contributed by atoms with Crippen LogP contribution in [0.5, 0.6) is 0 Å². The summed E-state index contributed by atoms with van der Waals surface area (Å²) < 4.78 is 34.3. The third kappa shape index (κ3) is 5.47. The Hall–Kier alpha value is -0.530. The van der Waals surface area contributed by atoms with Gasteiger partial charge in [0.2, 0.25) is 0 Å². The lowest BCUT2D eigenvalue weighted by Gasteiger charge is -1.85. The average molecular weight is 107 g/mol. The van der Waals surface area contributed by atoms with Crippen molar-refractivity contribution in [2.75, 3.05) is 0 Å². The van der Waals surface area contributed by atoms with E-state index < -0.39 is 32.0 Å². The van der Waals surface area contributed by atoms with Crippen LogP contribution in [-0.4, -0.2) is 11.1 Å². The highest BCUT2D eigenvalue weighted by molar-refractivity contribution is 5.66. The molecule has 2 nitrogen and oxygen atoms in total. The second kappa shape index (κ2) is 3.65. The molecule has 0 radical (unpaired) electrons. The van der Waals surface area contributed by atoms with Crippen molar-refractivity contribution in [2.24, 2.45) is 0 Å². The zero-order chi connectivity index (χ0) is 9.99. The van der Waals surface area contributed by atoms with Crippen molar-refractivity contribution in [3.8, 4) is 0 Å². The molecule has 0 heterocycles. The Balaban J connectivity index is 4.14. The lowest BCUT2D eigenvalue weighted by Crippen LogP contribution is -1.91. The van der Waals surface area contributed by atoms with Gasteiger partial charge in [0.15, 0.2) is 0 Å². The molecule has 0 aromatic rings. The minimum Gasteiger partial charge on any atom is -0.481 e. The molecule has 7 heavy (non-hydrogen) atoms. The van der Waals surface area contributed by atoms with Crippen molar-refractivity contribution < 1.29 is 16.8 Å². The van der Waals surface area contributed by atoms with Crippen molar-refractivity contribution in [1.82, 2.24) is 0 Å². The minimum atomic E-state index is -2.75. The summed E-state index contributed by atoms with van der Waals surface area (Å²) in [7, 11) is 0. The second-order valence-corrected chi connectivity index (χ2v) is 1.07. The summed E-state index contributed by atoms with van der Waals surface area (Å²) in [6, 6.07) is 0. The van der Waals surface area contributed by atoms with Crippen LogP contribution in [0.3, 0.4) is 0 Å². The summed E-state index contributed by atoms with van der Waals surface area (Å²) in [6.07, 6.45) is -3.37. The summed E-state index contributed by atoms with van der Waals surface area (Å²) >= 11 is 0. The molecule has 0 rings (SSSR count). The van der Waals surface area contributed by atoms with Gasteiger partial charge in [-0.05, 0) is 6.42 Å². The molecule has 0 unspecified atom stereocenters. The Kier molecular flexibility index (Phi) is 0.922. The van der Waals surface area contributed by atoms with Crippen molar-refractivity contribution in [1.29, 1.82) is 0 Å². The molecule has 0 aliphatic carbocycles. The van der Waals surface area contributed by atoms with Gasteiger partial charge < -0.3 is 5.11 Å². The van der Waals surface area contributed by atoms with E-state index in [1.165, 1.54) is 0 Å². The number of carbonyl (C=O) groups is 1. The summed E-state index contributed by atoms with van der Waals surface area (Å²) in [5.41, 5.74) is 0. The van der Waals surface area contributed by atoms with E-state index >= 15 is 0 Å². The highest BCUT2D eigenvalue weighted by Gasteiger charge is 1.90. The fourth-order valence-corrected chi connectivity index (χ4v) is 0.169. The molecule has 0 aliphatic rings. The van der Waals surface area contributed by atoms with Gasteiger partial charge in [0, 0.05) is 13.3 Å². The predicted octanol–water partition coefficient (Wildman–Crippen LogP) is 1.26. The Morgan fingerprint density at radius 2 is 2.86 bits per heavy atom. The predicted molar refractivity (Wildman–Crippen MR) is 27.2 cm³/mol. The standard InChI is InChI=1S/C5H10O2/c1-2-3-4-5(6)7/h2-4H2,1H3,(H,6,7)/i1D3,2D2. The maximum atomic E-state index is 10.0.